The lowest BCUT2D eigenvalue weighted by atomic mass is 10.0. The monoisotopic (exact) mass is 324 g/mol. The molecule has 2 rings (SSSR count). The van der Waals surface area contributed by atoms with Crippen LogP contribution in [0.1, 0.15) is 37.3 Å². The van der Waals surface area contributed by atoms with Gasteiger partial charge >= 0.3 is 0 Å². The van der Waals surface area contributed by atoms with Crippen LogP contribution < -0.4 is 5.32 Å². The number of benzene rings is 1. The van der Waals surface area contributed by atoms with Crippen LogP contribution in [-0.4, -0.2) is 30.6 Å². The summed E-state index contributed by atoms with van der Waals surface area (Å²) >= 11 is 3.69. The minimum Gasteiger partial charge on any atom is -0.381 e. The zero-order valence-electron chi connectivity index (χ0n) is 12.3. The highest BCUT2D eigenvalue weighted by molar-refractivity contribution is 9.10. The van der Waals surface area contributed by atoms with Crippen molar-refractivity contribution in [3.63, 3.8) is 0 Å². The molecule has 0 spiro atoms. The summed E-state index contributed by atoms with van der Waals surface area (Å²) in [5.74, 6) is 0. The molecule has 0 aliphatic carbocycles. The van der Waals surface area contributed by atoms with Gasteiger partial charge < -0.3 is 10.2 Å². The van der Waals surface area contributed by atoms with Gasteiger partial charge in [0.05, 0.1) is 5.69 Å². The van der Waals surface area contributed by atoms with E-state index in [9.17, 15) is 0 Å². The molecule has 1 aliphatic rings. The summed E-state index contributed by atoms with van der Waals surface area (Å²) in [6, 6.07) is 5.06. The van der Waals surface area contributed by atoms with Crippen LogP contribution in [0, 0.1) is 13.8 Å². The molecule has 1 aromatic rings. The minimum absolute atomic E-state index is 0.616. The predicted molar refractivity (Wildman–Crippen MR) is 87.0 cm³/mol. The van der Waals surface area contributed by atoms with Crippen LogP contribution in [0.2, 0.25) is 0 Å². The molecular weight excluding hydrogens is 300 g/mol. The number of likely N-dealkylation sites (tertiary alicyclic amines) is 1. The van der Waals surface area contributed by atoms with E-state index in [-0.39, 0.29) is 0 Å². The summed E-state index contributed by atoms with van der Waals surface area (Å²) < 4.78 is 1.20. The lowest BCUT2D eigenvalue weighted by molar-refractivity contribution is 0.219. The predicted octanol–water partition coefficient (Wildman–Crippen LogP) is 4.35. The number of halogens is 1. The van der Waals surface area contributed by atoms with Crippen molar-refractivity contribution in [1.29, 1.82) is 0 Å². The number of rotatable bonds is 4. The second-order valence-corrected chi connectivity index (χ2v) is 6.55. The van der Waals surface area contributed by atoms with Gasteiger partial charge in [-0.05, 0) is 72.8 Å². The zero-order chi connectivity index (χ0) is 13.8. The third-order valence-corrected chi connectivity index (χ3v) is 4.53. The fraction of sp³-hybridized carbons (Fsp3) is 0.625. The summed E-state index contributed by atoms with van der Waals surface area (Å²) in [5, 5.41) is 3.73. The maximum Gasteiger partial charge on any atom is 0.0516 e. The number of hydrogen-bond donors (Lipinski definition) is 1. The largest absolute Gasteiger partial charge is 0.381 e. The Hall–Kier alpha value is -0.540. The Bertz CT molecular complexity index is 400. The number of aryl methyl sites for hydroxylation is 2. The first kappa shape index (κ1) is 14.9. The van der Waals surface area contributed by atoms with Crippen molar-refractivity contribution in [1.82, 2.24) is 4.90 Å². The fourth-order valence-electron chi connectivity index (χ4n) is 2.92. The molecule has 2 nitrogen and oxygen atoms in total. The van der Waals surface area contributed by atoms with Crippen LogP contribution in [0.5, 0.6) is 0 Å². The highest BCUT2D eigenvalue weighted by Gasteiger charge is 2.19. The summed E-state index contributed by atoms with van der Waals surface area (Å²) in [4.78, 5) is 2.58. The van der Waals surface area contributed by atoms with E-state index in [1.54, 1.807) is 0 Å². The third kappa shape index (κ3) is 3.96. The van der Waals surface area contributed by atoms with Crippen molar-refractivity contribution in [3.05, 3.63) is 27.7 Å². The van der Waals surface area contributed by atoms with Crippen molar-refractivity contribution in [2.45, 2.75) is 46.1 Å². The number of hydrogen-bond acceptors (Lipinski definition) is 2. The third-order valence-electron chi connectivity index (χ3n) is 3.91. The Morgan fingerprint density at radius 2 is 1.95 bits per heavy atom. The summed E-state index contributed by atoms with van der Waals surface area (Å²) in [6.07, 6.45) is 3.76. The van der Waals surface area contributed by atoms with Crippen LogP contribution in [-0.2, 0) is 0 Å². The van der Waals surface area contributed by atoms with Crippen LogP contribution in [0.15, 0.2) is 16.6 Å². The molecule has 0 aromatic heterocycles. The number of piperidine rings is 1. The molecule has 1 aromatic carbocycles. The first-order valence-corrected chi connectivity index (χ1v) is 8.15. The van der Waals surface area contributed by atoms with Crippen molar-refractivity contribution in [2.75, 3.05) is 25.0 Å². The van der Waals surface area contributed by atoms with Gasteiger partial charge in [-0.1, -0.05) is 13.0 Å². The second-order valence-electron chi connectivity index (χ2n) is 5.70. The number of nitrogens with one attached hydrogen (secondary N) is 1. The van der Waals surface area contributed by atoms with Gasteiger partial charge in [-0.15, -0.1) is 0 Å². The van der Waals surface area contributed by atoms with E-state index in [4.69, 9.17) is 0 Å². The van der Waals surface area contributed by atoms with Crippen LogP contribution in [0.4, 0.5) is 5.69 Å². The van der Waals surface area contributed by atoms with Gasteiger partial charge in [-0.2, -0.15) is 0 Å². The first-order chi connectivity index (χ1) is 9.10. The van der Waals surface area contributed by atoms with E-state index >= 15 is 0 Å². The molecule has 0 radical (unpaired) electrons. The quantitative estimate of drug-likeness (QED) is 0.885. The Kier molecular flexibility index (Phi) is 5.28. The van der Waals surface area contributed by atoms with E-state index in [0.717, 1.165) is 0 Å². The normalized spacial score (nSPS) is 17.7. The topological polar surface area (TPSA) is 15.3 Å². The van der Waals surface area contributed by atoms with Gasteiger partial charge in [0.15, 0.2) is 0 Å². The second kappa shape index (κ2) is 6.76. The molecule has 1 N–H and O–H groups in total. The molecule has 3 heteroatoms. The lowest BCUT2D eigenvalue weighted by Gasteiger charge is -2.33. The Labute approximate surface area is 125 Å². The minimum atomic E-state index is 0.616. The molecule has 0 saturated carbocycles. The highest BCUT2D eigenvalue weighted by Crippen LogP contribution is 2.29. The Balaban J connectivity index is 1.96. The van der Waals surface area contributed by atoms with E-state index in [1.807, 2.05) is 0 Å². The fourth-order valence-corrected chi connectivity index (χ4v) is 3.71. The Morgan fingerprint density at radius 3 is 2.53 bits per heavy atom. The molecule has 19 heavy (non-hydrogen) atoms. The van der Waals surface area contributed by atoms with Crippen molar-refractivity contribution in [3.8, 4) is 0 Å². The number of nitrogens with zero attached hydrogens (tertiary/aromatic N) is 1. The van der Waals surface area contributed by atoms with Crippen LogP contribution in [0.3, 0.4) is 0 Å². The van der Waals surface area contributed by atoms with E-state index < -0.39 is 0 Å². The standard InChI is InChI=1S/C16H25BrN2/c1-4-7-19-8-5-14(6-9-19)18-16-13(3)10-12(2)11-15(16)17/h10-11,14,18H,4-9H2,1-3H3. The zero-order valence-corrected chi connectivity index (χ0v) is 13.9. The summed E-state index contributed by atoms with van der Waals surface area (Å²) in [6.45, 7) is 10.3. The maximum absolute atomic E-state index is 3.73. The lowest BCUT2D eigenvalue weighted by Crippen LogP contribution is -2.39. The van der Waals surface area contributed by atoms with Crippen LogP contribution >= 0.6 is 15.9 Å². The summed E-state index contributed by atoms with van der Waals surface area (Å²) in [7, 11) is 0. The number of anilines is 1. The summed E-state index contributed by atoms with van der Waals surface area (Å²) in [5.41, 5.74) is 3.93. The van der Waals surface area contributed by atoms with Gasteiger partial charge in [-0.25, -0.2) is 0 Å². The SMILES string of the molecule is CCCN1CCC(Nc2c(C)cc(C)cc2Br)CC1. The van der Waals surface area contributed by atoms with Crippen LogP contribution in [0.25, 0.3) is 0 Å². The molecule has 0 amide bonds. The molecule has 0 atom stereocenters. The molecule has 0 bridgehead atoms. The molecule has 0 unspecified atom stereocenters. The first-order valence-electron chi connectivity index (χ1n) is 7.35. The average Bonchev–Trinajstić information content (AvgIpc) is 2.36. The molecular formula is C16H25BrN2. The smallest absolute Gasteiger partial charge is 0.0516 e. The van der Waals surface area contributed by atoms with Gasteiger partial charge in [0, 0.05) is 23.6 Å². The van der Waals surface area contributed by atoms with Crippen molar-refractivity contribution < 1.29 is 0 Å². The van der Waals surface area contributed by atoms with Crippen molar-refractivity contribution >= 4 is 21.6 Å². The molecule has 1 heterocycles. The Morgan fingerprint density at radius 1 is 1.26 bits per heavy atom. The van der Waals surface area contributed by atoms with Crippen molar-refractivity contribution in [2.24, 2.45) is 0 Å². The molecule has 1 aliphatic heterocycles. The molecule has 1 fully saturated rings. The van der Waals surface area contributed by atoms with Gasteiger partial charge in [0.25, 0.3) is 0 Å². The highest BCUT2D eigenvalue weighted by atomic mass is 79.9. The molecule has 1 saturated heterocycles. The van der Waals surface area contributed by atoms with Gasteiger partial charge in [0.1, 0.15) is 0 Å². The van der Waals surface area contributed by atoms with Gasteiger partial charge in [-0.3, -0.25) is 0 Å². The van der Waals surface area contributed by atoms with Gasteiger partial charge in [0.2, 0.25) is 0 Å². The average molecular weight is 325 g/mol. The van der Waals surface area contributed by atoms with E-state index in [2.05, 4.69) is 59.1 Å². The van der Waals surface area contributed by atoms with E-state index in [0.29, 0.717) is 6.04 Å². The van der Waals surface area contributed by atoms with E-state index in [1.165, 1.54) is 60.2 Å². The maximum atomic E-state index is 3.73. The molecule has 106 valence electrons.